The number of carboxylic acids is 1. The summed E-state index contributed by atoms with van der Waals surface area (Å²) in [4.78, 5) is 22.0. The highest BCUT2D eigenvalue weighted by Gasteiger charge is 2.21. The van der Waals surface area contributed by atoms with E-state index in [2.05, 4.69) is 0 Å². The maximum atomic E-state index is 13.9. The van der Waals surface area contributed by atoms with Gasteiger partial charge in [-0.05, 0) is 19.4 Å². The van der Waals surface area contributed by atoms with E-state index in [4.69, 9.17) is 5.11 Å². The lowest BCUT2D eigenvalue weighted by Gasteiger charge is -2.29. The summed E-state index contributed by atoms with van der Waals surface area (Å²) in [5, 5.41) is 19.4. The second-order valence-electron chi connectivity index (χ2n) is 4.17. The average Bonchev–Trinajstić information content (AvgIpc) is 2.35. The van der Waals surface area contributed by atoms with Crippen molar-refractivity contribution in [2.24, 2.45) is 0 Å². The number of aliphatic carboxylic acids is 1. The molecule has 0 aliphatic carbocycles. The Morgan fingerprint density at radius 2 is 2.21 bits per heavy atom. The van der Waals surface area contributed by atoms with Crippen molar-refractivity contribution >= 4 is 17.3 Å². The van der Waals surface area contributed by atoms with Gasteiger partial charge in [0, 0.05) is 12.1 Å². The second kappa shape index (κ2) is 6.12. The standard InChI is InChI=1S/C12H15FN2O4/c1-3-8(2)14(7-12(16)17)11-5-4-9(15(18)19)6-10(11)13/h4-6,8H,3,7H2,1-2H3,(H,16,17). The van der Waals surface area contributed by atoms with Crippen LogP contribution in [0.5, 0.6) is 0 Å². The summed E-state index contributed by atoms with van der Waals surface area (Å²) in [5.74, 6) is -1.88. The number of benzene rings is 1. The van der Waals surface area contributed by atoms with E-state index in [9.17, 15) is 19.3 Å². The minimum Gasteiger partial charge on any atom is -0.480 e. The number of carboxylic acid groups (broad SMARTS) is 1. The molecule has 0 fully saturated rings. The lowest BCUT2D eigenvalue weighted by Crippen LogP contribution is -2.37. The molecule has 0 aliphatic rings. The summed E-state index contributed by atoms with van der Waals surface area (Å²) in [5.41, 5.74) is -0.303. The number of nitro benzene ring substituents is 1. The number of nitro groups is 1. The molecule has 19 heavy (non-hydrogen) atoms. The third kappa shape index (κ3) is 3.64. The molecular formula is C12H15FN2O4. The molecule has 1 unspecified atom stereocenters. The maximum Gasteiger partial charge on any atom is 0.323 e. The third-order valence-electron chi connectivity index (χ3n) is 2.88. The first-order valence-corrected chi connectivity index (χ1v) is 5.79. The van der Waals surface area contributed by atoms with Gasteiger partial charge < -0.3 is 10.0 Å². The Kier molecular flexibility index (Phi) is 4.80. The highest BCUT2D eigenvalue weighted by molar-refractivity contribution is 5.74. The van der Waals surface area contributed by atoms with Crippen LogP contribution in [0.4, 0.5) is 15.8 Å². The molecule has 7 heteroatoms. The Morgan fingerprint density at radius 1 is 1.58 bits per heavy atom. The molecule has 1 N–H and O–H groups in total. The largest absolute Gasteiger partial charge is 0.480 e. The van der Waals surface area contributed by atoms with Gasteiger partial charge in [-0.1, -0.05) is 6.92 Å². The highest BCUT2D eigenvalue weighted by atomic mass is 19.1. The summed E-state index contributed by atoms with van der Waals surface area (Å²) in [6.07, 6.45) is 0.629. The van der Waals surface area contributed by atoms with Gasteiger partial charge in [0.1, 0.15) is 6.54 Å². The van der Waals surface area contributed by atoms with Gasteiger partial charge in [0.15, 0.2) is 5.82 Å². The van der Waals surface area contributed by atoms with E-state index in [0.717, 1.165) is 12.1 Å². The summed E-state index contributed by atoms with van der Waals surface area (Å²) in [7, 11) is 0. The van der Waals surface area contributed by atoms with Crippen molar-refractivity contribution in [2.75, 3.05) is 11.4 Å². The third-order valence-corrected chi connectivity index (χ3v) is 2.88. The first-order chi connectivity index (χ1) is 8.86. The van der Waals surface area contributed by atoms with Crippen LogP contribution in [-0.4, -0.2) is 28.6 Å². The first-order valence-electron chi connectivity index (χ1n) is 5.79. The Morgan fingerprint density at radius 3 is 2.63 bits per heavy atom. The van der Waals surface area contributed by atoms with Crippen LogP contribution in [0.25, 0.3) is 0 Å². The van der Waals surface area contributed by atoms with Gasteiger partial charge >= 0.3 is 5.97 Å². The summed E-state index contributed by atoms with van der Waals surface area (Å²) in [6.45, 7) is 3.26. The number of nitrogens with zero attached hydrogens (tertiary/aromatic N) is 2. The van der Waals surface area contributed by atoms with Crippen LogP contribution in [0.1, 0.15) is 20.3 Å². The molecule has 0 saturated heterocycles. The maximum absolute atomic E-state index is 13.9. The monoisotopic (exact) mass is 270 g/mol. The number of non-ortho nitro benzene ring substituents is 1. The molecule has 1 rings (SSSR count). The van der Waals surface area contributed by atoms with E-state index in [1.807, 2.05) is 6.92 Å². The first kappa shape index (κ1) is 14.9. The fourth-order valence-electron chi connectivity index (χ4n) is 1.69. The predicted molar refractivity (Wildman–Crippen MR) is 67.8 cm³/mol. The number of carbonyl (C=O) groups is 1. The van der Waals surface area contributed by atoms with Gasteiger partial charge in [-0.2, -0.15) is 0 Å². The van der Waals surface area contributed by atoms with E-state index in [-0.39, 0.29) is 24.0 Å². The molecule has 0 spiro atoms. The molecule has 0 aliphatic heterocycles. The number of rotatable bonds is 6. The molecule has 0 bridgehead atoms. The van der Waals surface area contributed by atoms with Crippen LogP contribution in [0.2, 0.25) is 0 Å². The topological polar surface area (TPSA) is 83.7 Å². The number of halogens is 1. The van der Waals surface area contributed by atoms with Gasteiger partial charge in [0.05, 0.1) is 16.7 Å². The van der Waals surface area contributed by atoms with Crippen molar-refractivity contribution in [1.82, 2.24) is 0 Å². The Labute approximate surface area is 109 Å². The smallest absolute Gasteiger partial charge is 0.323 e. The fraction of sp³-hybridized carbons (Fsp3) is 0.417. The van der Waals surface area contributed by atoms with Gasteiger partial charge in [-0.25, -0.2) is 4.39 Å². The highest BCUT2D eigenvalue weighted by Crippen LogP contribution is 2.26. The SMILES string of the molecule is CCC(C)N(CC(=O)O)c1ccc([N+](=O)[O-])cc1F. The minimum atomic E-state index is -1.09. The summed E-state index contributed by atoms with van der Waals surface area (Å²) >= 11 is 0. The zero-order chi connectivity index (χ0) is 14.6. The van der Waals surface area contributed by atoms with Gasteiger partial charge in [0.25, 0.3) is 5.69 Å². The molecule has 0 aromatic heterocycles. The molecule has 104 valence electrons. The Bertz CT molecular complexity index is 493. The van der Waals surface area contributed by atoms with Crippen molar-refractivity contribution in [1.29, 1.82) is 0 Å². The van der Waals surface area contributed by atoms with Crippen LogP contribution in [-0.2, 0) is 4.79 Å². The van der Waals surface area contributed by atoms with Gasteiger partial charge in [-0.15, -0.1) is 0 Å². The lowest BCUT2D eigenvalue weighted by molar-refractivity contribution is -0.385. The zero-order valence-corrected chi connectivity index (χ0v) is 10.7. The fourth-order valence-corrected chi connectivity index (χ4v) is 1.69. The molecule has 0 radical (unpaired) electrons. The molecule has 0 amide bonds. The number of hydrogen-bond acceptors (Lipinski definition) is 4. The molecular weight excluding hydrogens is 255 g/mol. The minimum absolute atomic E-state index is 0.0577. The van der Waals surface area contributed by atoms with Crippen molar-refractivity contribution in [3.05, 3.63) is 34.1 Å². The van der Waals surface area contributed by atoms with Crippen molar-refractivity contribution in [3.8, 4) is 0 Å². The summed E-state index contributed by atoms with van der Waals surface area (Å²) < 4.78 is 13.9. The van der Waals surface area contributed by atoms with Crippen LogP contribution in [0.3, 0.4) is 0 Å². The normalized spacial score (nSPS) is 11.9. The number of hydrogen-bond donors (Lipinski definition) is 1. The molecule has 1 aromatic rings. The number of anilines is 1. The lowest BCUT2D eigenvalue weighted by atomic mass is 10.1. The Hall–Kier alpha value is -2.18. The van der Waals surface area contributed by atoms with Gasteiger partial charge in [0.2, 0.25) is 0 Å². The molecule has 1 aromatic carbocycles. The summed E-state index contributed by atoms with van der Waals surface area (Å²) in [6, 6.07) is 3.01. The molecule has 0 heterocycles. The molecule has 1 atom stereocenters. The van der Waals surface area contributed by atoms with E-state index >= 15 is 0 Å². The van der Waals surface area contributed by atoms with E-state index in [0.29, 0.717) is 6.42 Å². The van der Waals surface area contributed by atoms with Crippen LogP contribution in [0, 0.1) is 15.9 Å². The van der Waals surface area contributed by atoms with Crippen LogP contribution >= 0.6 is 0 Å². The van der Waals surface area contributed by atoms with E-state index in [1.165, 1.54) is 11.0 Å². The Balaban J connectivity index is 3.15. The second-order valence-corrected chi connectivity index (χ2v) is 4.17. The van der Waals surface area contributed by atoms with E-state index < -0.39 is 16.7 Å². The van der Waals surface area contributed by atoms with Crippen LogP contribution < -0.4 is 4.90 Å². The molecule has 6 nitrogen and oxygen atoms in total. The zero-order valence-electron chi connectivity index (χ0n) is 10.7. The van der Waals surface area contributed by atoms with Crippen LogP contribution in [0.15, 0.2) is 18.2 Å². The molecule has 0 saturated carbocycles. The van der Waals surface area contributed by atoms with Crippen molar-refractivity contribution < 1.29 is 19.2 Å². The quantitative estimate of drug-likeness (QED) is 0.634. The van der Waals surface area contributed by atoms with Gasteiger partial charge in [-0.3, -0.25) is 14.9 Å². The van der Waals surface area contributed by atoms with Crippen molar-refractivity contribution in [3.63, 3.8) is 0 Å². The predicted octanol–water partition coefficient (Wildman–Crippen LogP) is 2.42. The average molecular weight is 270 g/mol. The van der Waals surface area contributed by atoms with E-state index in [1.54, 1.807) is 6.92 Å². The van der Waals surface area contributed by atoms with Crippen molar-refractivity contribution in [2.45, 2.75) is 26.3 Å².